The van der Waals surface area contributed by atoms with Crippen LogP contribution in [0.15, 0.2) is 59.8 Å². The molecule has 2 amide bonds. The molecule has 2 atom stereocenters. The number of benzene rings is 2. The van der Waals surface area contributed by atoms with E-state index in [4.69, 9.17) is 9.57 Å². The molecule has 0 aromatic heterocycles. The van der Waals surface area contributed by atoms with Crippen LogP contribution in [0.5, 0.6) is 5.75 Å². The quantitative estimate of drug-likeness (QED) is 0.811. The highest BCUT2D eigenvalue weighted by Crippen LogP contribution is 2.35. The number of carbonyl (C=O) groups excluding carboxylic acids is 2. The lowest BCUT2D eigenvalue weighted by Crippen LogP contribution is -2.33. The summed E-state index contributed by atoms with van der Waals surface area (Å²) in [5.74, 6) is -0.715. The molecule has 24 heavy (non-hydrogen) atoms. The van der Waals surface area contributed by atoms with Crippen LogP contribution in [0.2, 0.25) is 0 Å². The van der Waals surface area contributed by atoms with Gasteiger partial charge in [0.25, 0.3) is 5.91 Å². The van der Waals surface area contributed by atoms with Gasteiger partial charge in [-0.05, 0) is 36.4 Å². The first-order valence-electron chi connectivity index (χ1n) is 7.51. The monoisotopic (exact) mass is 322 g/mol. The summed E-state index contributed by atoms with van der Waals surface area (Å²) in [6, 6.07) is 16.0. The first kappa shape index (κ1) is 14.4. The number of methoxy groups -OCH3 is 1. The summed E-state index contributed by atoms with van der Waals surface area (Å²) in [5, 5.41) is 3.98. The van der Waals surface area contributed by atoms with E-state index in [1.54, 1.807) is 55.6 Å². The van der Waals surface area contributed by atoms with Gasteiger partial charge in [0.2, 0.25) is 12.0 Å². The third-order valence-corrected chi connectivity index (χ3v) is 4.21. The van der Waals surface area contributed by atoms with E-state index in [9.17, 15) is 9.59 Å². The molecule has 2 aliphatic heterocycles. The molecule has 1 saturated heterocycles. The van der Waals surface area contributed by atoms with Gasteiger partial charge in [-0.1, -0.05) is 23.4 Å². The van der Waals surface area contributed by atoms with Crippen molar-refractivity contribution in [1.29, 1.82) is 0 Å². The molecule has 2 aromatic rings. The molecule has 0 bridgehead atoms. The lowest BCUT2D eigenvalue weighted by atomic mass is 9.94. The van der Waals surface area contributed by atoms with Crippen molar-refractivity contribution < 1.29 is 19.2 Å². The second-order valence-corrected chi connectivity index (χ2v) is 5.56. The molecule has 0 saturated carbocycles. The van der Waals surface area contributed by atoms with Gasteiger partial charge in [0.1, 0.15) is 17.4 Å². The summed E-state index contributed by atoms with van der Waals surface area (Å²) in [5.41, 5.74) is 1.75. The number of anilines is 1. The first-order chi connectivity index (χ1) is 11.7. The van der Waals surface area contributed by atoms with E-state index in [-0.39, 0.29) is 11.8 Å². The van der Waals surface area contributed by atoms with Crippen LogP contribution >= 0.6 is 0 Å². The van der Waals surface area contributed by atoms with Crippen molar-refractivity contribution in [3.05, 3.63) is 60.2 Å². The molecular formula is C18H14N2O4. The van der Waals surface area contributed by atoms with Crippen LogP contribution in [0.25, 0.3) is 0 Å². The zero-order valence-corrected chi connectivity index (χ0v) is 12.9. The lowest BCUT2D eigenvalue weighted by Gasteiger charge is -2.15. The number of rotatable bonds is 3. The zero-order valence-electron chi connectivity index (χ0n) is 12.9. The Kier molecular flexibility index (Phi) is 3.30. The average molecular weight is 322 g/mol. The van der Waals surface area contributed by atoms with E-state index in [2.05, 4.69) is 5.16 Å². The topological polar surface area (TPSA) is 68.2 Å². The minimum atomic E-state index is -0.894. The third kappa shape index (κ3) is 2.07. The van der Waals surface area contributed by atoms with Crippen LogP contribution in [0.1, 0.15) is 5.56 Å². The Morgan fingerprint density at radius 2 is 1.71 bits per heavy atom. The molecule has 120 valence electrons. The van der Waals surface area contributed by atoms with Gasteiger partial charge >= 0.3 is 0 Å². The van der Waals surface area contributed by atoms with Crippen molar-refractivity contribution in [2.75, 3.05) is 12.0 Å². The van der Waals surface area contributed by atoms with Crippen molar-refractivity contribution >= 4 is 23.2 Å². The number of nitrogens with zero attached hydrogens (tertiary/aromatic N) is 2. The van der Waals surface area contributed by atoms with Crippen LogP contribution in [0, 0.1) is 5.92 Å². The highest BCUT2D eigenvalue weighted by Gasteiger charge is 2.56. The highest BCUT2D eigenvalue weighted by molar-refractivity contribution is 6.32. The van der Waals surface area contributed by atoms with Crippen LogP contribution in [0.3, 0.4) is 0 Å². The number of oxime groups is 1. The van der Waals surface area contributed by atoms with E-state index >= 15 is 0 Å². The molecule has 0 N–H and O–H groups in total. The maximum absolute atomic E-state index is 12.8. The van der Waals surface area contributed by atoms with Crippen molar-refractivity contribution in [1.82, 2.24) is 0 Å². The van der Waals surface area contributed by atoms with Gasteiger partial charge in [0.15, 0.2) is 0 Å². The number of carbonyl (C=O) groups is 2. The Hall–Kier alpha value is -3.15. The summed E-state index contributed by atoms with van der Waals surface area (Å²) < 4.78 is 5.13. The van der Waals surface area contributed by atoms with Crippen LogP contribution in [0.4, 0.5) is 5.69 Å². The molecule has 0 aliphatic carbocycles. The Morgan fingerprint density at radius 3 is 2.38 bits per heavy atom. The second kappa shape index (κ2) is 5.49. The van der Waals surface area contributed by atoms with E-state index in [1.165, 1.54) is 4.90 Å². The number of amides is 2. The number of imide groups is 1. The van der Waals surface area contributed by atoms with Crippen LogP contribution in [-0.4, -0.2) is 30.7 Å². The summed E-state index contributed by atoms with van der Waals surface area (Å²) in [4.78, 5) is 31.8. The molecule has 0 radical (unpaired) electrons. The summed E-state index contributed by atoms with van der Waals surface area (Å²) >= 11 is 0. The molecule has 1 fully saturated rings. The standard InChI is InChI=1S/C18H14N2O4/c1-23-13-9-7-11(8-10-13)15-14-16(24-19-15)18(22)20(17(14)21)12-5-3-2-4-6-12/h2-10,14,16H,1H3/t14-,16-/m0/s1. The fraction of sp³-hybridized carbons (Fsp3) is 0.167. The van der Waals surface area contributed by atoms with Crippen LogP contribution < -0.4 is 9.64 Å². The van der Waals surface area contributed by atoms with Gasteiger partial charge in [0, 0.05) is 5.56 Å². The number of ether oxygens (including phenoxy) is 1. The normalized spacial score (nSPS) is 22.2. The molecule has 0 unspecified atom stereocenters. The Morgan fingerprint density at radius 1 is 1.00 bits per heavy atom. The number of para-hydroxylation sites is 1. The third-order valence-electron chi connectivity index (χ3n) is 4.21. The molecule has 2 aliphatic rings. The first-order valence-corrected chi connectivity index (χ1v) is 7.51. The van der Waals surface area contributed by atoms with E-state index in [0.29, 0.717) is 17.1 Å². The predicted octanol–water partition coefficient (Wildman–Crippen LogP) is 1.99. The molecule has 2 heterocycles. The Balaban J connectivity index is 1.68. The van der Waals surface area contributed by atoms with Crippen molar-refractivity contribution in [3.8, 4) is 5.75 Å². The Labute approximate surface area is 138 Å². The van der Waals surface area contributed by atoms with Gasteiger partial charge in [-0.15, -0.1) is 0 Å². The molecule has 6 heteroatoms. The van der Waals surface area contributed by atoms with E-state index in [0.717, 1.165) is 5.56 Å². The average Bonchev–Trinajstić information content (AvgIpc) is 3.17. The molecular weight excluding hydrogens is 308 g/mol. The minimum absolute atomic E-state index is 0.316. The number of hydrogen-bond donors (Lipinski definition) is 0. The fourth-order valence-corrected chi connectivity index (χ4v) is 3.01. The molecule has 6 nitrogen and oxygen atoms in total. The summed E-state index contributed by atoms with van der Waals surface area (Å²) in [6.07, 6.45) is -0.894. The van der Waals surface area contributed by atoms with Crippen molar-refractivity contribution in [2.24, 2.45) is 11.1 Å². The highest BCUT2D eigenvalue weighted by atomic mass is 16.6. The fourth-order valence-electron chi connectivity index (χ4n) is 3.01. The van der Waals surface area contributed by atoms with Gasteiger partial charge in [-0.2, -0.15) is 0 Å². The van der Waals surface area contributed by atoms with Gasteiger partial charge in [-0.3, -0.25) is 9.59 Å². The number of fused-ring (bicyclic) bond motifs is 1. The maximum atomic E-state index is 12.8. The van der Waals surface area contributed by atoms with E-state index in [1.807, 2.05) is 6.07 Å². The zero-order chi connectivity index (χ0) is 16.7. The minimum Gasteiger partial charge on any atom is -0.497 e. The maximum Gasteiger partial charge on any atom is 0.278 e. The smallest absolute Gasteiger partial charge is 0.278 e. The molecule has 2 aromatic carbocycles. The molecule has 0 spiro atoms. The molecule has 4 rings (SSSR count). The van der Waals surface area contributed by atoms with Crippen molar-refractivity contribution in [3.63, 3.8) is 0 Å². The van der Waals surface area contributed by atoms with Crippen LogP contribution in [-0.2, 0) is 14.4 Å². The summed E-state index contributed by atoms with van der Waals surface area (Å²) in [7, 11) is 1.58. The van der Waals surface area contributed by atoms with Gasteiger partial charge in [-0.25, -0.2) is 4.90 Å². The SMILES string of the molecule is COc1ccc(C2=NO[C@@H]3C(=O)N(c4ccccc4)C(=O)[C@@H]23)cc1. The predicted molar refractivity (Wildman–Crippen MR) is 86.8 cm³/mol. The Bertz CT molecular complexity index is 830. The summed E-state index contributed by atoms with van der Waals surface area (Å²) in [6.45, 7) is 0. The number of hydrogen-bond acceptors (Lipinski definition) is 5. The lowest BCUT2D eigenvalue weighted by molar-refractivity contribution is -0.126. The van der Waals surface area contributed by atoms with Crippen molar-refractivity contribution in [2.45, 2.75) is 6.10 Å². The largest absolute Gasteiger partial charge is 0.497 e. The van der Waals surface area contributed by atoms with Gasteiger partial charge < -0.3 is 9.57 Å². The van der Waals surface area contributed by atoms with Gasteiger partial charge in [0.05, 0.1) is 12.8 Å². The van der Waals surface area contributed by atoms with E-state index < -0.39 is 12.0 Å². The second-order valence-electron chi connectivity index (χ2n) is 5.56.